The Balaban J connectivity index is 1.52. The lowest BCUT2D eigenvalue weighted by atomic mass is 9.80. The third-order valence-electron chi connectivity index (χ3n) is 5.55. The number of amides is 1. The minimum atomic E-state index is 0.242. The second kappa shape index (κ2) is 5.20. The van der Waals surface area contributed by atoms with Gasteiger partial charge in [0.05, 0.1) is 0 Å². The minimum Gasteiger partial charge on any atom is -0.353 e. The lowest BCUT2D eigenvalue weighted by Gasteiger charge is -2.30. The van der Waals surface area contributed by atoms with Crippen molar-refractivity contribution in [2.24, 2.45) is 29.4 Å². The summed E-state index contributed by atoms with van der Waals surface area (Å²) in [5.41, 5.74) is 5.75. The highest BCUT2D eigenvalue weighted by Gasteiger charge is 2.41. The molecule has 5 atom stereocenters. The molecule has 102 valence electrons. The van der Waals surface area contributed by atoms with Gasteiger partial charge >= 0.3 is 0 Å². The van der Waals surface area contributed by atoms with Gasteiger partial charge in [-0.2, -0.15) is 0 Å². The molecule has 3 rings (SSSR count). The first-order chi connectivity index (χ1) is 8.76. The molecular weight excluding hydrogens is 224 g/mol. The second-order valence-corrected chi connectivity index (χ2v) is 6.76. The summed E-state index contributed by atoms with van der Waals surface area (Å²) < 4.78 is 0. The number of carbonyl (C=O) groups is 1. The van der Waals surface area contributed by atoms with Crippen molar-refractivity contribution in [2.45, 2.75) is 57.4 Å². The normalized spacial score (nSPS) is 43.1. The molecule has 2 bridgehead atoms. The van der Waals surface area contributed by atoms with Crippen molar-refractivity contribution in [1.29, 1.82) is 0 Å². The molecule has 0 saturated heterocycles. The highest BCUT2D eigenvalue weighted by atomic mass is 16.1. The fourth-order valence-corrected chi connectivity index (χ4v) is 4.47. The molecule has 0 radical (unpaired) electrons. The van der Waals surface area contributed by atoms with E-state index in [9.17, 15) is 4.79 Å². The molecule has 0 aromatic carbocycles. The number of hydrogen-bond donors (Lipinski definition) is 2. The maximum absolute atomic E-state index is 12.3. The van der Waals surface area contributed by atoms with E-state index < -0.39 is 0 Å². The van der Waals surface area contributed by atoms with Crippen molar-refractivity contribution >= 4 is 5.91 Å². The van der Waals surface area contributed by atoms with Crippen LogP contribution in [-0.4, -0.2) is 18.5 Å². The molecule has 3 aliphatic carbocycles. The first-order valence-corrected chi connectivity index (χ1v) is 7.76. The van der Waals surface area contributed by atoms with Gasteiger partial charge in [-0.1, -0.05) is 12.8 Å². The highest BCUT2D eigenvalue weighted by molar-refractivity contribution is 5.79. The quantitative estimate of drug-likeness (QED) is 0.805. The van der Waals surface area contributed by atoms with Gasteiger partial charge in [0.1, 0.15) is 0 Å². The largest absolute Gasteiger partial charge is 0.353 e. The van der Waals surface area contributed by atoms with E-state index in [2.05, 4.69) is 5.32 Å². The summed E-state index contributed by atoms with van der Waals surface area (Å²) in [6.07, 6.45) is 9.82. The van der Waals surface area contributed by atoms with Crippen LogP contribution in [0.25, 0.3) is 0 Å². The van der Waals surface area contributed by atoms with E-state index >= 15 is 0 Å². The topological polar surface area (TPSA) is 55.1 Å². The molecule has 0 spiro atoms. The molecule has 3 N–H and O–H groups in total. The zero-order valence-electron chi connectivity index (χ0n) is 11.2. The standard InChI is InChI=1S/C15H26N2O/c16-9-11-2-1-3-13(7-11)15(18)17-14-8-10-4-5-12(14)6-10/h10-14H,1-9,16H2,(H,17,18). The molecular formula is C15H26N2O. The van der Waals surface area contributed by atoms with Crippen LogP contribution >= 0.6 is 0 Å². The molecule has 18 heavy (non-hydrogen) atoms. The minimum absolute atomic E-state index is 0.242. The summed E-state index contributed by atoms with van der Waals surface area (Å²) >= 11 is 0. The third-order valence-corrected chi connectivity index (χ3v) is 5.55. The van der Waals surface area contributed by atoms with Gasteiger partial charge in [-0.15, -0.1) is 0 Å². The molecule has 3 fully saturated rings. The van der Waals surface area contributed by atoms with Gasteiger partial charge in [0.25, 0.3) is 0 Å². The van der Waals surface area contributed by atoms with Gasteiger partial charge in [-0.25, -0.2) is 0 Å². The van der Waals surface area contributed by atoms with Gasteiger partial charge in [-0.05, 0) is 62.8 Å². The maximum atomic E-state index is 12.3. The molecule has 3 aliphatic rings. The van der Waals surface area contributed by atoms with Crippen LogP contribution in [0.1, 0.15) is 51.4 Å². The van der Waals surface area contributed by atoms with Gasteiger partial charge in [0, 0.05) is 12.0 Å². The SMILES string of the molecule is NCC1CCCC(C(=O)NC2CC3CCC2C3)C1. The Hall–Kier alpha value is -0.570. The molecule has 3 saturated carbocycles. The second-order valence-electron chi connectivity index (χ2n) is 6.76. The van der Waals surface area contributed by atoms with E-state index in [1.807, 2.05) is 0 Å². The van der Waals surface area contributed by atoms with Crippen LogP contribution in [0, 0.1) is 23.7 Å². The average molecular weight is 250 g/mol. The predicted octanol–water partition coefficient (Wildman–Crippen LogP) is 2.06. The molecule has 3 heteroatoms. The summed E-state index contributed by atoms with van der Waals surface area (Å²) in [6.45, 7) is 0.748. The summed E-state index contributed by atoms with van der Waals surface area (Å²) in [5, 5.41) is 3.34. The first kappa shape index (κ1) is 12.5. The van der Waals surface area contributed by atoms with Crippen molar-refractivity contribution in [2.75, 3.05) is 6.54 Å². The third kappa shape index (κ3) is 2.42. The van der Waals surface area contributed by atoms with E-state index in [1.54, 1.807) is 0 Å². The van der Waals surface area contributed by atoms with Gasteiger partial charge in [-0.3, -0.25) is 4.79 Å². The summed E-state index contributed by atoms with van der Waals surface area (Å²) in [7, 11) is 0. The van der Waals surface area contributed by atoms with Crippen LogP contribution in [0.5, 0.6) is 0 Å². The average Bonchev–Trinajstić information content (AvgIpc) is 3.01. The van der Waals surface area contributed by atoms with Crippen molar-refractivity contribution < 1.29 is 4.79 Å². The number of rotatable bonds is 3. The van der Waals surface area contributed by atoms with E-state index in [0.29, 0.717) is 17.9 Å². The molecule has 5 unspecified atom stereocenters. The molecule has 0 aromatic rings. The lowest BCUT2D eigenvalue weighted by molar-refractivity contribution is -0.127. The molecule has 3 nitrogen and oxygen atoms in total. The molecule has 0 aromatic heterocycles. The Morgan fingerprint density at radius 1 is 1.11 bits per heavy atom. The Labute approximate surface area is 110 Å². The zero-order chi connectivity index (χ0) is 12.5. The van der Waals surface area contributed by atoms with E-state index in [4.69, 9.17) is 5.73 Å². The van der Waals surface area contributed by atoms with Crippen molar-refractivity contribution in [3.8, 4) is 0 Å². The van der Waals surface area contributed by atoms with Crippen LogP contribution in [0.15, 0.2) is 0 Å². The Kier molecular flexibility index (Phi) is 3.60. The van der Waals surface area contributed by atoms with E-state index in [-0.39, 0.29) is 5.92 Å². The van der Waals surface area contributed by atoms with Crippen LogP contribution in [-0.2, 0) is 4.79 Å². The van der Waals surface area contributed by atoms with Crippen molar-refractivity contribution in [3.63, 3.8) is 0 Å². The summed E-state index contributed by atoms with van der Waals surface area (Å²) in [4.78, 5) is 12.3. The van der Waals surface area contributed by atoms with Crippen LogP contribution < -0.4 is 11.1 Å². The number of nitrogens with one attached hydrogen (secondary N) is 1. The number of fused-ring (bicyclic) bond motifs is 2. The van der Waals surface area contributed by atoms with Crippen LogP contribution in [0.2, 0.25) is 0 Å². The summed E-state index contributed by atoms with van der Waals surface area (Å²) in [5.74, 6) is 2.84. The van der Waals surface area contributed by atoms with Gasteiger partial charge < -0.3 is 11.1 Å². The predicted molar refractivity (Wildman–Crippen MR) is 71.9 cm³/mol. The fourth-order valence-electron chi connectivity index (χ4n) is 4.47. The Morgan fingerprint density at radius 2 is 2.00 bits per heavy atom. The highest BCUT2D eigenvalue weighted by Crippen LogP contribution is 2.44. The summed E-state index contributed by atoms with van der Waals surface area (Å²) in [6, 6.07) is 0.495. The smallest absolute Gasteiger partial charge is 0.223 e. The maximum Gasteiger partial charge on any atom is 0.223 e. The van der Waals surface area contributed by atoms with Gasteiger partial charge in [0.15, 0.2) is 0 Å². The molecule has 0 aliphatic heterocycles. The van der Waals surface area contributed by atoms with Crippen molar-refractivity contribution in [3.05, 3.63) is 0 Å². The van der Waals surface area contributed by atoms with Crippen LogP contribution in [0.4, 0.5) is 0 Å². The number of carbonyl (C=O) groups excluding carboxylic acids is 1. The first-order valence-electron chi connectivity index (χ1n) is 7.76. The molecule has 1 amide bonds. The Morgan fingerprint density at radius 3 is 2.67 bits per heavy atom. The van der Waals surface area contributed by atoms with Crippen LogP contribution in [0.3, 0.4) is 0 Å². The Bertz CT molecular complexity index is 318. The fraction of sp³-hybridized carbons (Fsp3) is 0.933. The zero-order valence-corrected chi connectivity index (χ0v) is 11.2. The lowest BCUT2D eigenvalue weighted by Crippen LogP contribution is -2.43. The van der Waals surface area contributed by atoms with E-state index in [0.717, 1.165) is 31.2 Å². The monoisotopic (exact) mass is 250 g/mol. The van der Waals surface area contributed by atoms with E-state index in [1.165, 1.54) is 38.5 Å². The molecule has 0 heterocycles. The number of hydrogen-bond acceptors (Lipinski definition) is 2. The van der Waals surface area contributed by atoms with Gasteiger partial charge in [0.2, 0.25) is 5.91 Å². The number of nitrogens with two attached hydrogens (primary N) is 1. The van der Waals surface area contributed by atoms with Crippen molar-refractivity contribution in [1.82, 2.24) is 5.32 Å².